The molecule has 0 aliphatic heterocycles. The molecule has 0 heterocycles. The Kier molecular flexibility index (Phi) is 6.46. The average molecular weight is 276 g/mol. The van der Waals surface area contributed by atoms with E-state index in [0.29, 0.717) is 5.56 Å². The molecule has 0 fully saturated rings. The maximum absolute atomic E-state index is 11.8. The van der Waals surface area contributed by atoms with Crippen LogP contribution in [0.15, 0.2) is 39.6 Å². The third-order valence-corrected chi connectivity index (χ3v) is 2.34. The number of nitrogens with zero attached hydrogens (tertiary/aromatic N) is 3. The summed E-state index contributed by atoms with van der Waals surface area (Å²) >= 11 is 0. The van der Waals surface area contributed by atoms with E-state index in [1.54, 1.807) is 12.1 Å². The van der Waals surface area contributed by atoms with E-state index < -0.39 is 0 Å². The maximum atomic E-state index is 11.8. The molecule has 20 heavy (non-hydrogen) atoms. The normalized spacial score (nSPS) is 11.2. The summed E-state index contributed by atoms with van der Waals surface area (Å²) in [6.07, 6.45) is 1.18. The van der Waals surface area contributed by atoms with Gasteiger partial charge in [0.1, 0.15) is 13.7 Å². The third kappa shape index (κ3) is 4.20. The molecule has 0 aliphatic rings. The molecule has 1 amide bonds. The monoisotopic (exact) mass is 276 g/mol. The number of benzene rings is 1. The highest BCUT2D eigenvalue weighted by Gasteiger charge is 2.17. The van der Waals surface area contributed by atoms with Crippen LogP contribution in [0.4, 0.5) is 0 Å². The minimum atomic E-state index is -0.347. The van der Waals surface area contributed by atoms with E-state index in [1.807, 2.05) is 12.1 Å². The van der Waals surface area contributed by atoms with Crippen LogP contribution in [0.3, 0.4) is 0 Å². The largest absolute Gasteiger partial charge is 0.477 e. The van der Waals surface area contributed by atoms with Gasteiger partial charge in [0.15, 0.2) is 12.1 Å². The molecule has 106 valence electrons. The van der Waals surface area contributed by atoms with Gasteiger partial charge in [-0.3, -0.25) is 4.79 Å². The van der Waals surface area contributed by atoms with E-state index in [4.69, 9.17) is 9.57 Å². The number of hydrogen-bond acceptors (Lipinski definition) is 6. The Morgan fingerprint density at radius 3 is 2.85 bits per heavy atom. The zero-order valence-electron chi connectivity index (χ0n) is 11.4. The van der Waals surface area contributed by atoms with Gasteiger partial charge in [0, 0.05) is 19.3 Å². The molecule has 0 saturated carbocycles. The van der Waals surface area contributed by atoms with Gasteiger partial charge in [-0.25, -0.2) is 0 Å². The lowest BCUT2D eigenvalue weighted by molar-refractivity contribution is -0.114. The molecule has 1 N–H and O–H groups in total. The Morgan fingerprint density at radius 1 is 1.45 bits per heavy atom. The molecular weight excluding hydrogens is 260 g/mol. The molecule has 0 radical (unpaired) electrons. The zero-order valence-corrected chi connectivity index (χ0v) is 11.4. The van der Waals surface area contributed by atoms with Gasteiger partial charge < -0.3 is 14.9 Å². The average Bonchev–Trinajstić information content (AvgIpc) is 2.49. The van der Waals surface area contributed by atoms with Crippen molar-refractivity contribution < 1.29 is 14.4 Å². The molecule has 0 aliphatic carbocycles. The van der Waals surface area contributed by atoms with Gasteiger partial charge in [-0.1, -0.05) is 29.4 Å². The number of carbonyl (C=O) groups is 1. The molecule has 0 bridgehead atoms. The van der Waals surface area contributed by atoms with Crippen molar-refractivity contribution in [2.75, 3.05) is 14.2 Å². The van der Waals surface area contributed by atoms with Crippen LogP contribution in [0.2, 0.25) is 0 Å². The van der Waals surface area contributed by atoms with Gasteiger partial charge in [0.05, 0.1) is 0 Å². The quantitative estimate of drug-likeness (QED) is 0.457. The van der Waals surface area contributed by atoms with Crippen molar-refractivity contribution in [3.63, 3.8) is 0 Å². The van der Waals surface area contributed by atoms with Gasteiger partial charge in [-0.2, -0.15) is 5.10 Å². The minimum Gasteiger partial charge on any atom is -0.477 e. The standard InChI is InChI=1S/C13H16N4O3/c1-14-13(18)12(17-19-3)11-7-5-4-6-10(11)8-20-9-16-15-2/h4-7,9H,2,8H2,1,3H3,(H,14,18)/b16-9?,17-12+. The van der Waals surface area contributed by atoms with E-state index in [2.05, 4.69) is 27.4 Å². The number of carbonyl (C=O) groups excluding carboxylic acids is 1. The summed E-state index contributed by atoms with van der Waals surface area (Å²) in [4.78, 5) is 16.5. The van der Waals surface area contributed by atoms with Crippen molar-refractivity contribution in [1.29, 1.82) is 0 Å². The highest BCUT2D eigenvalue weighted by atomic mass is 16.6. The highest BCUT2D eigenvalue weighted by Crippen LogP contribution is 2.12. The molecule has 0 atom stereocenters. The number of amides is 1. The molecule has 1 aromatic rings. The van der Waals surface area contributed by atoms with Crippen LogP contribution in [0.1, 0.15) is 11.1 Å². The Bertz CT molecular complexity index is 526. The third-order valence-electron chi connectivity index (χ3n) is 2.34. The fourth-order valence-corrected chi connectivity index (χ4v) is 1.49. The van der Waals surface area contributed by atoms with Crippen molar-refractivity contribution in [2.45, 2.75) is 6.61 Å². The van der Waals surface area contributed by atoms with Crippen LogP contribution in [0.5, 0.6) is 0 Å². The van der Waals surface area contributed by atoms with Gasteiger partial charge in [0.25, 0.3) is 5.91 Å². The first kappa shape index (κ1) is 15.4. The van der Waals surface area contributed by atoms with Crippen molar-refractivity contribution in [3.8, 4) is 0 Å². The summed E-state index contributed by atoms with van der Waals surface area (Å²) in [7, 11) is 2.90. The minimum absolute atomic E-state index is 0.174. The summed E-state index contributed by atoms with van der Waals surface area (Å²) in [5.74, 6) is -0.347. The topological polar surface area (TPSA) is 84.6 Å². The summed E-state index contributed by atoms with van der Waals surface area (Å²) in [6.45, 7) is 3.41. The van der Waals surface area contributed by atoms with Gasteiger partial charge in [0.2, 0.25) is 0 Å². The smallest absolute Gasteiger partial charge is 0.273 e. The first-order chi connectivity index (χ1) is 9.74. The fourth-order valence-electron chi connectivity index (χ4n) is 1.49. The first-order valence-corrected chi connectivity index (χ1v) is 5.75. The number of ether oxygens (including phenoxy) is 1. The summed E-state index contributed by atoms with van der Waals surface area (Å²) < 4.78 is 5.19. The van der Waals surface area contributed by atoms with Crippen LogP contribution in [-0.4, -0.2) is 38.9 Å². The number of rotatable bonds is 7. The SMILES string of the molecule is C=NN=COCc1ccccc1/C(=N\OC)C(=O)NC. The van der Waals surface area contributed by atoms with Crippen molar-refractivity contribution in [3.05, 3.63) is 35.4 Å². The zero-order chi connectivity index (χ0) is 14.8. The van der Waals surface area contributed by atoms with Crippen molar-refractivity contribution in [2.24, 2.45) is 15.4 Å². The van der Waals surface area contributed by atoms with Crippen LogP contribution in [0, 0.1) is 0 Å². The second kappa shape index (κ2) is 8.41. The lowest BCUT2D eigenvalue weighted by Crippen LogP contribution is -2.29. The first-order valence-electron chi connectivity index (χ1n) is 5.75. The molecule has 1 aromatic carbocycles. The Labute approximate surface area is 117 Å². The van der Waals surface area contributed by atoms with E-state index in [9.17, 15) is 4.79 Å². The summed E-state index contributed by atoms with van der Waals surface area (Å²) in [5.41, 5.74) is 1.56. The van der Waals surface area contributed by atoms with Crippen LogP contribution in [-0.2, 0) is 21.0 Å². The molecule has 7 heteroatoms. The Morgan fingerprint density at radius 2 is 2.20 bits per heavy atom. The summed E-state index contributed by atoms with van der Waals surface area (Å²) in [6, 6.07) is 7.21. The van der Waals surface area contributed by atoms with Crippen LogP contribution in [0.25, 0.3) is 0 Å². The van der Waals surface area contributed by atoms with E-state index >= 15 is 0 Å². The van der Waals surface area contributed by atoms with Gasteiger partial charge in [-0.05, 0) is 5.56 Å². The Hall–Kier alpha value is -2.70. The number of oxime groups is 1. The van der Waals surface area contributed by atoms with Crippen molar-refractivity contribution in [1.82, 2.24) is 5.32 Å². The molecule has 7 nitrogen and oxygen atoms in total. The van der Waals surface area contributed by atoms with Gasteiger partial charge >= 0.3 is 0 Å². The second-order valence-electron chi connectivity index (χ2n) is 3.53. The number of hydrogen-bond donors (Lipinski definition) is 1. The lowest BCUT2D eigenvalue weighted by Gasteiger charge is -2.10. The number of nitrogens with one attached hydrogen (secondary N) is 1. The van der Waals surface area contributed by atoms with E-state index in [-0.39, 0.29) is 18.2 Å². The molecule has 0 aromatic heterocycles. The predicted molar refractivity (Wildman–Crippen MR) is 76.9 cm³/mol. The molecule has 0 saturated heterocycles. The molecule has 1 rings (SSSR count). The molecule has 0 spiro atoms. The van der Waals surface area contributed by atoms with Crippen LogP contribution < -0.4 is 5.32 Å². The van der Waals surface area contributed by atoms with Crippen molar-refractivity contribution >= 4 is 24.7 Å². The fraction of sp³-hybridized carbons (Fsp3) is 0.231. The number of likely N-dealkylation sites (N-methyl/N-ethyl adjacent to an activating group) is 1. The van der Waals surface area contributed by atoms with Crippen LogP contribution >= 0.6 is 0 Å². The van der Waals surface area contributed by atoms with E-state index in [1.165, 1.54) is 20.6 Å². The molecule has 0 unspecified atom stereocenters. The van der Waals surface area contributed by atoms with Gasteiger partial charge in [-0.15, -0.1) is 5.10 Å². The summed E-state index contributed by atoms with van der Waals surface area (Å²) in [5, 5.41) is 13.0. The van der Waals surface area contributed by atoms with E-state index in [0.717, 1.165) is 5.56 Å². The molecular formula is C13H16N4O3. The maximum Gasteiger partial charge on any atom is 0.273 e. The second-order valence-corrected chi connectivity index (χ2v) is 3.53. The lowest BCUT2D eigenvalue weighted by atomic mass is 10.0. The predicted octanol–water partition coefficient (Wildman–Crippen LogP) is 0.944. The Balaban J connectivity index is 3.03. The highest BCUT2D eigenvalue weighted by molar-refractivity contribution is 6.45.